The molecule has 0 aliphatic heterocycles. The molecule has 0 fully saturated rings. The van der Waals surface area contributed by atoms with Crippen molar-refractivity contribution in [2.75, 3.05) is 0 Å². The highest BCUT2D eigenvalue weighted by atomic mass is 16.1. The van der Waals surface area contributed by atoms with E-state index >= 15 is 0 Å². The van der Waals surface area contributed by atoms with Crippen LogP contribution in [0.1, 0.15) is 32.0 Å². The van der Waals surface area contributed by atoms with E-state index in [9.17, 15) is 4.79 Å². The number of aryl methyl sites for hydroxylation is 1. The zero-order chi connectivity index (χ0) is 10.1. The first-order valence-corrected chi connectivity index (χ1v) is 4.42. The summed E-state index contributed by atoms with van der Waals surface area (Å²) in [5.41, 5.74) is 2.06. The summed E-state index contributed by atoms with van der Waals surface area (Å²) in [5, 5.41) is 4.36. The van der Waals surface area contributed by atoms with Crippen LogP contribution in [0.3, 0.4) is 0 Å². The van der Waals surface area contributed by atoms with Crippen molar-refractivity contribution in [2.24, 2.45) is 7.05 Å². The van der Waals surface area contributed by atoms with Crippen molar-refractivity contribution < 1.29 is 4.79 Å². The molecule has 0 atom stereocenters. The van der Waals surface area contributed by atoms with E-state index in [4.69, 9.17) is 0 Å². The molecular formula is C10H16N2O. The summed E-state index contributed by atoms with van der Waals surface area (Å²) in [6.45, 7) is 6.30. The maximum Gasteiger partial charge on any atom is 0.124 e. The van der Waals surface area contributed by atoms with Gasteiger partial charge in [-0.2, -0.15) is 5.10 Å². The lowest BCUT2D eigenvalue weighted by Gasteiger charge is -2.16. The number of aldehydes is 1. The minimum Gasteiger partial charge on any atom is -0.303 e. The molecule has 3 heteroatoms. The summed E-state index contributed by atoms with van der Waals surface area (Å²) in [5.74, 6) is 0. The molecule has 0 aliphatic rings. The quantitative estimate of drug-likeness (QED) is 0.646. The van der Waals surface area contributed by atoms with E-state index in [-0.39, 0.29) is 5.41 Å². The Balaban J connectivity index is 3.11. The third kappa shape index (κ3) is 2.17. The van der Waals surface area contributed by atoms with Gasteiger partial charge in [0.25, 0.3) is 0 Å². The molecule has 0 saturated heterocycles. The highest BCUT2D eigenvalue weighted by molar-refractivity contribution is 5.55. The molecular weight excluding hydrogens is 164 g/mol. The van der Waals surface area contributed by atoms with Crippen LogP contribution in [-0.2, 0) is 23.7 Å². The Morgan fingerprint density at radius 3 is 2.62 bits per heavy atom. The molecule has 0 N–H and O–H groups in total. The molecule has 0 saturated carbocycles. The van der Waals surface area contributed by atoms with Crippen molar-refractivity contribution in [2.45, 2.75) is 32.6 Å². The summed E-state index contributed by atoms with van der Waals surface area (Å²) in [6.07, 6.45) is 3.29. The molecule has 72 valence electrons. The number of carbonyl (C=O) groups excluding carboxylic acids is 1. The fourth-order valence-corrected chi connectivity index (χ4v) is 1.41. The van der Waals surface area contributed by atoms with Gasteiger partial charge in [0, 0.05) is 30.6 Å². The van der Waals surface area contributed by atoms with E-state index in [1.54, 1.807) is 4.68 Å². The Hall–Kier alpha value is -1.12. The average Bonchev–Trinajstić information content (AvgIpc) is 2.30. The van der Waals surface area contributed by atoms with Gasteiger partial charge >= 0.3 is 0 Å². The van der Waals surface area contributed by atoms with Crippen LogP contribution in [0.4, 0.5) is 0 Å². The van der Waals surface area contributed by atoms with Gasteiger partial charge in [0.05, 0.1) is 5.69 Å². The number of rotatable bonds is 2. The van der Waals surface area contributed by atoms with Gasteiger partial charge in [0.1, 0.15) is 6.29 Å². The van der Waals surface area contributed by atoms with E-state index < -0.39 is 0 Å². The third-order valence-electron chi connectivity index (χ3n) is 1.92. The van der Waals surface area contributed by atoms with Gasteiger partial charge in [-0.3, -0.25) is 4.68 Å². The Labute approximate surface area is 78.8 Å². The van der Waals surface area contributed by atoms with Crippen LogP contribution in [0.15, 0.2) is 6.20 Å². The molecule has 0 radical (unpaired) electrons. The highest BCUT2D eigenvalue weighted by Gasteiger charge is 2.21. The van der Waals surface area contributed by atoms with Gasteiger partial charge in [-0.15, -0.1) is 0 Å². The van der Waals surface area contributed by atoms with Gasteiger partial charge < -0.3 is 4.79 Å². The van der Waals surface area contributed by atoms with Crippen LogP contribution in [0, 0.1) is 0 Å². The minimum atomic E-state index is 0.0135. The Morgan fingerprint density at radius 1 is 1.54 bits per heavy atom. The zero-order valence-electron chi connectivity index (χ0n) is 8.66. The lowest BCUT2D eigenvalue weighted by Crippen LogP contribution is -2.14. The van der Waals surface area contributed by atoms with E-state index in [1.165, 1.54) is 0 Å². The zero-order valence-corrected chi connectivity index (χ0v) is 8.66. The molecule has 1 aromatic heterocycles. The molecule has 1 rings (SSSR count). The Kier molecular flexibility index (Phi) is 2.55. The second kappa shape index (κ2) is 3.32. The van der Waals surface area contributed by atoms with Crippen molar-refractivity contribution in [3.8, 4) is 0 Å². The summed E-state index contributed by atoms with van der Waals surface area (Å²) >= 11 is 0. The normalized spacial score (nSPS) is 11.7. The maximum atomic E-state index is 10.4. The van der Waals surface area contributed by atoms with Crippen LogP contribution in [-0.4, -0.2) is 16.1 Å². The molecule has 0 aliphatic carbocycles. The van der Waals surface area contributed by atoms with Gasteiger partial charge in [-0.05, 0) is 0 Å². The van der Waals surface area contributed by atoms with E-state index in [0.717, 1.165) is 17.5 Å². The SMILES string of the molecule is Cn1cc(CC=O)c(C(C)(C)C)n1. The van der Waals surface area contributed by atoms with Crippen LogP contribution < -0.4 is 0 Å². The first-order valence-electron chi connectivity index (χ1n) is 4.42. The van der Waals surface area contributed by atoms with E-state index in [1.807, 2.05) is 13.2 Å². The molecule has 1 heterocycles. The highest BCUT2D eigenvalue weighted by Crippen LogP contribution is 2.23. The second-order valence-corrected chi connectivity index (χ2v) is 4.30. The summed E-state index contributed by atoms with van der Waals surface area (Å²) in [7, 11) is 1.88. The summed E-state index contributed by atoms with van der Waals surface area (Å²) in [6, 6.07) is 0. The first kappa shape index (κ1) is 9.96. The predicted molar refractivity (Wildman–Crippen MR) is 51.7 cm³/mol. The third-order valence-corrected chi connectivity index (χ3v) is 1.92. The monoisotopic (exact) mass is 180 g/mol. The van der Waals surface area contributed by atoms with Crippen LogP contribution >= 0.6 is 0 Å². The van der Waals surface area contributed by atoms with Crippen molar-refractivity contribution in [1.29, 1.82) is 0 Å². The maximum absolute atomic E-state index is 10.4. The van der Waals surface area contributed by atoms with Crippen LogP contribution in [0.5, 0.6) is 0 Å². The van der Waals surface area contributed by atoms with Crippen molar-refractivity contribution >= 4 is 6.29 Å². The number of carbonyl (C=O) groups is 1. The molecule has 0 unspecified atom stereocenters. The molecule has 0 spiro atoms. The number of hydrogen-bond donors (Lipinski definition) is 0. The topological polar surface area (TPSA) is 34.9 Å². The average molecular weight is 180 g/mol. The van der Waals surface area contributed by atoms with Crippen molar-refractivity contribution in [3.05, 3.63) is 17.5 Å². The standard InChI is InChI=1S/C10H16N2O/c1-10(2,3)9-8(5-6-13)7-12(4)11-9/h6-7H,5H2,1-4H3. The second-order valence-electron chi connectivity index (χ2n) is 4.30. The Bertz CT molecular complexity index is 307. The van der Waals surface area contributed by atoms with Gasteiger partial charge in [0.2, 0.25) is 0 Å². The smallest absolute Gasteiger partial charge is 0.124 e. The largest absolute Gasteiger partial charge is 0.303 e. The molecule has 3 nitrogen and oxygen atoms in total. The van der Waals surface area contributed by atoms with Crippen LogP contribution in [0.2, 0.25) is 0 Å². The lowest BCUT2D eigenvalue weighted by molar-refractivity contribution is -0.107. The fourth-order valence-electron chi connectivity index (χ4n) is 1.41. The van der Waals surface area contributed by atoms with Crippen LogP contribution in [0.25, 0.3) is 0 Å². The fraction of sp³-hybridized carbons (Fsp3) is 0.600. The number of hydrogen-bond acceptors (Lipinski definition) is 2. The van der Waals surface area contributed by atoms with Crippen molar-refractivity contribution in [3.63, 3.8) is 0 Å². The molecule has 1 aromatic rings. The number of nitrogens with zero attached hydrogens (tertiary/aromatic N) is 2. The lowest BCUT2D eigenvalue weighted by atomic mass is 9.89. The molecule has 13 heavy (non-hydrogen) atoms. The number of aromatic nitrogens is 2. The molecule has 0 bridgehead atoms. The summed E-state index contributed by atoms with van der Waals surface area (Å²) in [4.78, 5) is 10.4. The Morgan fingerprint density at radius 2 is 2.15 bits per heavy atom. The summed E-state index contributed by atoms with van der Waals surface area (Å²) < 4.78 is 1.76. The minimum absolute atomic E-state index is 0.0135. The van der Waals surface area contributed by atoms with Gasteiger partial charge in [-0.25, -0.2) is 0 Å². The van der Waals surface area contributed by atoms with Gasteiger partial charge in [0.15, 0.2) is 0 Å². The van der Waals surface area contributed by atoms with E-state index in [0.29, 0.717) is 6.42 Å². The molecule has 0 amide bonds. The predicted octanol–water partition coefficient (Wildman–Crippen LogP) is 1.46. The molecule has 0 aromatic carbocycles. The van der Waals surface area contributed by atoms with Gasteiger partial charge in [-0.1, -0.05) is 20.8 Å². The van der Waals surface area contributed by atoms with E-state index in [2.05, 4.69) is 25.9 Å². The van der Waals surface area contributed by atoms with Crippen molar-refractivity contribution in [1.82, 2.24) is 9.78 Å². The first-order chi connectivity index (χ1) is 5.95.